The Hall–Kier alpha value is -1.87. The molecule has 0 amide bonds. The summed E-state index contributed by atoms with van der Waals surface area (Å²) in [4.78, 5) is 4.34. The van der Waals surface area contributed by atoms with Crippen molar-refractivity contribution in [3.63, 3.8) is 0 Å². The Labute approximate surface area is 174 Å². The van der Waals surface area contributed by atoms with Gasteiger partial charge in [0.15, 0.2) is 17.5 Å². The number of ether oxygens (including phenoxy) is 3. The second-order valence-corrected chi connectivity index (χ2v) is 5.93. The first-order valence-electron chi connectivity index (χ1n) is 7.95. The molecule has 140 valence electrons. The fourth-order valence-corrected chi connectivity index (χ4v) is 2.66. The number of nitrogens with zero attached hydrogens (tertiary/aromatic N) is 1. The van der Waals surface area contributed by atoms with Crippen molar-refractivity contribution in [1.29, 1.82) is 0 Å². The fourth-order valence-electron chi connectivity index (χ4n) is 2.47. The van der Waals surface area contributed by atoms with E-state index in [2.05, 4.69) is 10.3 Å². The molecule has 0 atom stereocenters. The first-order valence-corrected chi connectivity index (χ1v) is 8.32. The van der Waals surface area contributed by atoms with Crippen LogP contribution in [-0.2, 0) is 6.54 Å². The number of benzene rings is 2. The number of hydrogen-bond acceptors (Lipinski definition) is 4. The highest BCUT2D eigenvalue weighted by Gasteiger charge is 2.11. The molecular weight excluding hydrogens is 469 g/mol. The molecule has 26 heavy (non-hydrogen) atoms. The molecule has 8 heteroatoms. The number of nitrogens with one attached hydrogen (secondary N) is 1. The van der Waals surface area contributed by atoms with Gasteiger partial charge in [0.2, 0.25) is 0 Å². The summed E-state index contributed by atoms with van der Waals surface area (Å²) in [5, 5.41) is 3.68. The standard InChI is InChI=1S/C18H20ClN3O3.HI/c1-23-15-5-3-13(19)9-12(15)11-21-18(20)22-14-4-6-16-17(10-14)25-8-2-7-24-16;/h3-6,9-10H,2,7-8,11H2,1H3,(H3,20,21,22);1H. The predicted molar refractivity (Wildman–Crippen MR) is 114 cm³/mol. The van der Waals surface area contributed by atoms with Gasteiger partial charge in [0.1, 0.15) is 5.75 Å². The summed E-state index contributed by atoms with van der Waals surface area (Å²) in [6, 6.07) is 11.0. The summed E-state index contributed by atoms with van der Waals surface area (Å²) in [6.45, 7) is 1.65. The van der Waals surface area contributed by atoms with Crippen molar-refractivity contribution in [2.45, 2.75) is 13.0 Å². The van der Waals surface area contributed by atoms with Crippen LogP contribution in [0.5, 0.6) is 17.2 Å². The van der Waals surface area contributed by atoms with Crippen LogP contribution in [0.25, 0.3) is 0 Å². The zero-order chi connectivity index (χ0) is 17.6. The van der Waals surface area contributed by atoms with Crippen molar-refractivity contribution in [1.82, 2.24) is 0 Å². The second-order valence-electron chi connectivity index (χ2n) is 5.49. The lowest BCUT2D eigenvalue weighted by atomic mass is 10.2. The predicted octanol–water partition coefficient (Wildman–Crippen LogP) is 4.05. The van der Waals surface area contributed by atoms with Gasteiger partial charge in [-0.15, -0.1) is 24.0 Å². The van der Waals surface area contributed by atoms with Crippen molar-refractivity contribution in [3.05, 3.63) is 47.0 Å². The molecular formula is C18H21ClIN3O3. The minimum absolute atomic E-state index is 0. The van der Waals surface area contributed by atoms with Gasteiger partial charge in [-0.3, -0.25) is 0 Å². The molecule has 1 aliphatic heterocycles. The quantitative estimate of drug-likeness (QED) is 0.385. The highest BCUT2D eigenvalue weighted by Crippen LogP contribution is 2.32. The Bertz CT molecular complexity index is 786. The molecule has 1 heterocycles. The van der Waals surface area contributed by atoms with Crippen molar-refractivity contribution in [2.75, 3.05) is 25.6 Å². The van der Waals surface area contributed by atoms with E-state index in [1.54, 1.807) is 19.2 Å². The molecule has 3 N–H and O–H groups in total. The number of fused-ring (bicyclic) bond motifs is 1. The van der Waals surface area contributed by atoms with Crippen LogP contribution in [-0.4, -0.2) is 26.3 Å². The molecule has 0 saturated carbocycles. The summed E-state index contributed by atoms with van der Waals surface area (Å²) >= 11 is 6.02. The van der Waals surface area contributed by atoms with Gasteiger partial charge >= 0.3 is 0 Å². The van der Waals surface area contributed by atoms with E-state index in [0.717, 1.165) is 29.2 Å². The lowest BCUT2D eigenvalue weighted by Crippen LogP contribution is -2.22. The summed E-state index contributed by atoms with van der Waals surface area (Å²) in [5.41, 5.74) is 7.62. The van der Waals surface area contributed by atoms with Crippen LogP contribution in [0, 0.1) is 0 Å². The van der Waals surface area contributed by atoms with E-state index in [1.807, 2.05) is 24.3 Å². The van der Waals surface area contributed by atoms with Crippen molar-refractivity contribution in [3.8, 4) is 17.2 Å². The van der Waals surface area contributed by atoms with Gasteiger partial charge in [-0.1, -0.05) is 11.6 Å². The third kappa shape index (κ3) is 5.31. The first-order chi connectivity index (χ1) is 12.2. The van der Waals surface area contributed by atoms with Crippen LogP contribution < -0.4 is 25.3 Å². The summed E-state index contributed by atoms with van der Waals surface area (Å²) in [6.07, 6.45) is 0.864. The highest BCUT2D eigenvalue weighted by molar-refractivity contribution is 14.0. The maximum absolute atomic E-state index is 6.02. The van der Waals surface area contributed by atoms with E-state index < -0.39 is 0 Å². The van der Waals surface area contributed by atoms with Crippen LogP contribution in [0.2, 0.25) is 5.02 Å². The molecule has 0 unspecified atom stereocenters. The van der Waals surface area contributed by atoms with Crippen LogP contribution in [0.4, 0.5) is 5.69 Å². The maximum atomic E-state index is 6.02. The molecule has 1 aliphatic rings. The number of anilines is 1. The summed E-state index contributed by atoms with van der Waals surface area (Å²) in [7, 11) is 1.61. The van der Waals surface area contributed by atoms with E-state index in [9.17, 15) is 0 Å². The van der Waals surface area contributed by atoms with E-state index in [1.165, 1.54) is 0 Å². The lowest BCUT2D eigenvalue weighted by Gasteiger charge is -2.11. The Balaban J connectivity index is 0.00000243. The third-order valence-electron chi connectivity index (χ3n) is 3.68. The van der Waals surface area contributed by atoms with Gasteiger partial charge in [0.05, 0.1) is 26.9 Å². The average Bonchev–Trinajstić information content (AvgIpc) is 2.85. The molecule has 0 aromatic heterocycles. The lowest BCUT2D eigenvalue weighted by molar-refractivity contribution is 0.297. The molecule has 0 bridgehead atoms. The van der Waals surface area contributed by atoms with E-state index >= 15 is 0 Å². The minimum atomic E-state index is 0. The second kappa shape index (κ2) is 9.72. The maximum Gasteiger partial charge on any atom is 0.193 e. The third-order valence-corrected chi connectivity index (χ3v) is 3.92. The highest BCUT2D eigenvalue weighted by atomic mass is 127. The van der Waals surface area contributed by atoms with Gasteiger partial charge < -0.3 is 25.3 Å². The molecule has 0 fully saturated rings. The number of guanidine groups is 1. The van der Waals surface area contributed by atoms with Crippen LogP contribution in [0.15, 0.2) is 41.4 Å². The van der Waals surface area contributed by atoms with Gasteiger partial charge in [0, 0.05) is 28.8 Å². The number of rotatable bonds is 4. The largest absolute Gasteiger partial charge is 0.496 e. The zero-order valence-corrected chi connectivity index (χ0v) is 17.4. The van der Waals surface area contributed by atoms with Gasteiger partial charge in [-0.05, 0) is 30.3 Å². The molecule has 0 radical (unpaired) electrons. The Morgan fingerprint density at radius 3 is 2.73 bits per heavy atom. The molecule has 3 rings (SSSR count). The topological polar surface area (TPSA) is 78.1 Å². The van der Waals surface area contributed by atoms with E-state index in [0.29, 0.717) is 30.5 Å². The SMILES string of the molecule is COc1ccc(Cl)cc1CN=C(N)Nc1ccc2c(c1)OCCCO2.I. The smallest absolute Gasteiger partial charge is 0.193 e. The van der Waals surface area contributed by atoms with Gasteiger partial charge in [-0.2, -0.15) is 0 Å². The summed E-state index contributed by atoms with van der Waals surface area (Å²) < 4.78 is 16.6. The van der Waals surface area contributed by atoms with Gasteiger partial charge in [0.25, 0.3) is 0 Å². The van der Waals surface area contributed by atoms with Crippen molar-refractivity contribution < 1.29 is 14.2 Å². The Kier molecular flexibility index (Phi) is 7.65. The number of aliphatic imine (C=N–C) groups is 1. The fraction of sp³-hybridized carbons (Fsp3) is 0.278. The molecule has 0 spiro atoms. The molecule has 0 saturated heterocycles. The number of halogens is 2. The van der Waals surface area contributed by atoms with Crippen LogP contribution in [0.1, 0.15) is 12.0 Å². The van der Waals surface area contributed by atoms with Crippen LogP contribution >= 0.6 is 35.6 Å². The first kappa shape index (κ1) is 20.4. The Morgan fingerprint density at radius 1 is 1.19 bits per heavy atom. The normalized spacial score (nSPS) is 13.4. The average molecular weight is 490 g/mol. The minimum Gasteiger partial charge on any atom is -0.496 e. The molecule has 2 aromatic carbocycles. The van der Waals surface area contributed by atoms with E-state index in [4.69, 9.17) is 31.5 Å². The van der Waals surface area contributed by atoms with Crippen LogP contribution in [0.3, 0.4) is 0 Å². The number of methoxy groups -OCH3 is 1. The number of nitrogens with two attached hydrogens (primary N) is 1. The zero-order valence-electron chi connectivity index (χ0n) is 14.3. The van der Waals surface area contributed by atoms with E-state index in [-0.39, 0.29) is 29.9 Å². The number of hydrogen-bond donors (Lipinski definition) is 2. The van der Waals surface area contributed by atoms with Crippen molar-refractivity contribution >= 4 is 47.2 Å². The van der Waals surface area contributed by atoms with Gasteiger partial charge in [-0.25, -0.2) is 4.99 Å². The molecule has 2 aromatic rings. The van der Waals surface area contributed by atoms with Crippen molar-refractivity contribution in [2.24, 2.45) is 10.7 Å². The molecule has 6 nitrogen and oxygen atoms in total. The monoisotopic (exact) mass is 489 g/mol. The Morgan fingerprint density at radius 2 is 1.96 bits per heavy atom. The molecule has 0 aliphatic carbocycles. The summed E-state index contributed by atoms with van der Waals surface area (Å²) in [5.74, 6) is 2.45.